The van der Waals surface area contributed by atoms with Gasteiger partial charge in [0.05, 0.1) is 17.2 Å². The van der Waals surface area contributed by atoms with Gasteiger partial charge in [0.15, 0.2) is 0 Å². The molecule has 5 rings (SSSR count). The van der Waals surface area contributed by atoms with Crippen LogP contribution in [0.2, 0.25) is 0 Å². The minimum Gasteiger partial charge on any atom is -0.489 e. The molecule has 6 nitrogen and oxygen atoms in total. The maximum absolute atomic E-state index is 9.61. The second-order valence-electron chi connectivity index (χ2n) is 9.33. The maximum atomic E-state index is 9.61. The number of fused-ring (bicyclic) bond motifs is 1. The van der Waals surface area contributed by atoms with Gasteiger partial charge in [0, 0.05) is 13.1 Å². The van der Waals surface area contributed by atoms with Crippen LogP contribution in [0.25, 0.3) is 0 Å². The van der Waals surface area contributed by atoms with Crippen LogP contribution in [0.1, 0.15) is 37.3 Å². The molecular weight excluding hydrogens is 434 g/mol. The van der Waals surface area contributed by atoms with Gasteiger partial charge in [-0.15, -0.1) is 0 Å². The first-order chi connectivity index (χ1) is 17.2. The first-order valence-corrected chi connectivity index (χ1v) is 12.4. The summed E-state index contributed by atoms with van der Waals surface area (Å²) in [5, 5.41) is 13.3. The molecule has 1 fully saturated rings. The zero-order valence-electron chi connectivity index (χ0n) is 20.1. The van der Waals surface area contributed by atoms with E-state index < -0.39 is 0 Å². The summed E-state index contributed by atoms with van der Waals surface area (Å²) in [5.41, 5.74) is 3.07. The Morgan fingerprint density at radius 1 is 1.14 bits per heavy atom. The minimum atomic E-state index is -0.307. The predicted octanol–water partition coefficient (Wildman–Crippen LogP) is 5.00. The van der Waals surface area contributed by atoms with Gasteiger partial charge in [0.1, 0.15) is 24.4 Å². The molecule has 0 spiro atoms. The zero-order chi connectivity index (χ0) is 24.1. The second kappa shape index (κ2) is 10.3. The van der Waals surface area contributed by atoms with Gasteiger partial charge in [-0.2, -0.15) is 10.3 Å². The van der Waals surface area contributed by atoms with Gasteiger partial charge in [-0.1, -0.05) is 67.6 Å². The van der Waals surface area contributed by atoms with Gasteiger partial charge < -0.3 is 9.64 Å². The highest BCUT2D eigenvalue weighted by Crippen LogP contribution is 2.42. The van der Waals surface area contributed by atoms with E-state index in [4.69, 9.17) is 9.73 Å². The van der Waals surface area contributed by atoms with Gasteiger partial charge in [-0.25, -0.2) is 0 Å². The van der Waals surface area contributed by atoms with E-state index in [2.05, 4.69) is 70.8 Å². The molecule has 35 heavy (non-hydrogen) atoms. The van der Waals surface area contributed by atoms with Crippen LogP contribution in [0.3, 0.4) is 0 Å². The monoisotopic (exact) mass is 465 g/mol. The van der Waals surface area contributed by atoms with Gasteiger partial charge in [-0.3, -0.25) is 10.3 Å². The number of likely N-dealkylation sites (tertiary alicyclic amines) is 1. The minimum absolute atomic E-state index is 0.0939. The van der Waals surface area contributed by atoms with Crippen molar-refractivity contribution in [1.29, 1.82) is 5.26 Å². The molecule has 1 aliphatic carbocycles. The fourth-order valence-electron chi connectivity index (χ4n) is 5.38. The third kappa shape index (κ3) is 4.78. The number of nitrogens with one attached hydrogen (secondary N) is 1. The lowest BCUT2D eigenvalue weighted by atomic mass is 9.73. The van der Waals surface area contributed by atoms with Crippen molar-refractivity contribution in [3.8, 4) is 11.9 Å². The highest BCUT2D eigenvalue weighted by molar-refractivity contribution is 6.04. The third-order valence-corrected chi connectivity index (χ3v) is 7.27. The molecule has 1 N–H and O–H groups in total. The third-order valence-electron chi connectivity index (χ3n) is 7.27. The summed E-state index contributed by atoms with van der Waals surface area (Å²) in [6.07, 6.45) is 13.2. The number of benzene rings is 2. The highest BCUT2D eigenvalue weighted by atomic mass is 16.5. The van der Waals surface area contributed by atoms with Gasteiger partial charge >= 0.3 is 0 Å². The summed E-state index contributed by atoms with van der Waals surface area (Å²) in [7, 11) is 0. The fourth-order valence-corrected chi connectivity index (χ4v) is 5.38. The molecule has 2 aromatic rings. The first-order valence-electron chi connectivity index (χ1n) is 12.4. The predicted molar refractivity (Wildman–Crippen MR) is 139 cm³/mol. The molecule has 0 radical (unpaired) electrons. The van der Waals surface area contributed by atoms with Crippen molar-refractivity contribution in [2.24, 2.45) is 15.4 Å². The SMILES string of the molecule is CCC1(C2N=C3C=CC=CC3N2)CCCN(Cc2ccc(OCc3ccccc3)cc2)C1=NC#N. The number of nitriles is 1. The molecule has 1 saturated heterocycles. The Bertz CT molecular complexity index is 1190. The summed E-state index contributed by atoms with van der Waals surface area (Å²) < 4.78 is 5.95. The summed E-state index contributed by atoms with van der Waals surface area (Å²) in [4.78, 5) is 11.7. The number of aliphatic imine (C=N–C) groups is 2. The van der Waals surface area contributed by atoms with E-state index in [1.54, 1.807) is 0 Å². The molecule has 6 heteroatoms. The molecule has 0 bridgehead atoms. The lowest BCUT2D eigenvalue weighted by Gasteiger charge is -2.46. The van der Waals surface area contributed by atoms with Crippen molar-refractivity contribution in [2.75, 3.05) is 6.54 Å². The summed E-state index contributed by atoms with van der Waals surface area (Å²) in [6.45, 7) is 4.31. The van der Waals surface area contributed by atoms with E-state index in [1.165, 1.54) is 5.56 Å². The Hall–Kier alpha value is -3.69. The van der Waals surface area contributed by atoms with Crippen LogP contribution >= 0.6 is 0 Å². The van der Waals surface area contributed by atoms with Crippen molar-refractivity contribution >= 4 is 11.5 Å². The van der Waals surface area contributed by atoms with Crippen molar-refractivity contribution < 1.29 is 4.74 Å². The Morgan fingerprint density at radius 2 is 1.97 bits per heavy atom. The fraction of sp³-hybridized carbons (Fsp3) is 0.345. The molecule has 3 unspecified atom stereocenters. The van der Waals surface area contributed by atoms with Crippen LogP contribution in [0.15, 0.2) is 88.9 Å². The number of piperidine rings is 1. The number of rotatable bonds is 7. The molecular formula is C29H31N5O. The Morgan fingerprint density at radius 3 is 2.71 bits per heavy atom. The number of hydrogen-bond donors (Lipinski definition) is 1. The van der Waals surface area contributed by atoms with Crippen LogP contribution in [0, 0.1) is 16.9 Å². The molecule has 0 amide bonds. The average Bonchev–Trinajstić information content (AvgIpc) is 3.35. The Balaban J connectivity index is 1.32. The van der Waals surface area contributed by atoms with Crippen LogP contribution < -0.4 is 10.1 Å². The van der Waals surface area contributed by atoms with Gasteiger partial charge in [-0.05, 0) is 48.6 Å². The average molecular weight is 466 g/mol. The number of hydrogen-bond acceptors (Lipinski definition) is 5. The molecule has 3 aliphatic rings. The van der Waals surface area contributed by atoms with Crippen LogP contribution in [-0.2, 0) is 13.2 Å². The molecule has 0 aromatic heterocycles. The topological polar surface area (TPSA) is 73.0 Å². The highest BCUT2D eigenvalue weighted by Gasteiger charge is 2.49. The smallest absolute Gasteiger partial charge is 0.207 e. The summed E-state index contributed by atoms with van der Waals surface area (Å²) >= 11 is 0. The molecule has 2 aliphatic heterocycles. The van der Waals surface area contributed by atoms with E-state index in [1.807, 2.05) is 36.4 Å². The van der Waals surface area contributed by atoms with E-state index in [0.29, 0.717) is 13.2 Å². The van der Waals surface area contributed by atoms with Crippen molar-refractivity contribution in [2.45, 2.75) is 51.5 Å². The molecule has 178 valence electrons. The second-order valence-corrected chi connectivity index (χ2v) is 9.33. The van der Waals surface area contributed by atoms with E-state index >= 15 is 0 Å². The number of ether oxygens (including phenoxy) is 1. The molecule has 3 atom stereocenters. The van der Waals surface area contributed by atoms with Crippen LogP contribution in [-0.4, -0.2) is 35.2 Å². The summed E-state index contributed by atoms with van der Waals surface area (Å²) in [6, 6.07) is 18.5. The molecule has 2 aromatic carbocycles. The largest absolute Gasteiger partial charge is 0.489 e. The lowest BCUT2D eigenvalue weighted by molar-refractivity contribution is 0.186. The lowest BCUT2D eigenvalue weighted by Crippen LogP contribution is -2.57. The number of amidine groups is 1. The molecule has 0 saturated carbocycles. The standard InChI is InChI=1S/C29H31N5O/c1-2-29(27-32-25-11-6-7-12-26(25)33-27)17-8-18-34(28(29)31-21-30)19-22-13-15-24(16-14-22)35-20-23-9-4-3-5-10-23/h3-7,9-16,25,27,32H,2,8,17-20H2,1H3. The van der Waals surface area contributed by atoms with E-state index in [-0.39, 0.29) is 17.6 Å². The van der Waals surface area contributed by atoms with Gasteiger partial charge in [0.25, 0.3) is 0 Å². The van der Waals surface area contributed by atoms with E-state index in [0.717, 1.165) is 48.7 Å². The van der Waals surface area contributed by atoms with Gasteiger partial charge in [0.2, 0.25) is 6.19 Å². The first kappa shape index (κ1) is 23.1. The zero-order valence-corrected chi connectivity index (χ0v) is 20.1. The summed E-state index contributed by atoms with van der Waals surface area (Å²) in [5.74, 6) is 1.70. The number of nitrogens with zero attached hydrogens (tertiary/aromatic N) is 4. The van der Waals surface area contributed by atoms with Crippen molar-refractivity contribution in [3.05, 3.63) is 90.0 Å². The maximum Gasteiger partial charge on any atom is 0.207 e. The van der Waals surface area contributed by atoms with Crippen molar-refractivity contribution in [1.82, 2.24) is 10.2 Å². The Labute approximate surface area is 207 Å². The van der Waals surface area contributed by atoms with Crippen LogP contribution in [0.5, 0.6) is 5.75 Å². The normalized spacial score (nSPS) is 26.3. The molecule has 2 heterocycles. The van der Waals surface area contributed by atoms with Crippen molar-refractivity contribution in [3.63, 3.8) is 0 Å². The van der Waals surface area contributed by atoms with Crippen LogP contribution in [0.4, 0.5) is 0 Å². The number of allylic oxidation sites excluding steroid dienone is 2. The van der Waals surface area contributed by atoms with E-state index in [9.17, 15) is 5.26 Å². The quantitative estimate of drug-likeness (QED) is 0.584. The Kier molecular flexibility index (Phi) is 6.78.